The first-order valence-electron chi connectivity index (χ1n) is 4.98. The molecule has 1 radical (unpaired) electrons. The largest absolute Gasteiger partial charge is 0.456 e. The van der Waals surface area contributed by atoms with E-state index in [-0.39, 0.29) is 0 Å². The van der Waals surface area contributed by atoms with Crippen molar-refractivity contribution >= 4 is 0 Å². The van der Waals surface area contributed by atoms with Gasteiger partial charge in [0, 0.05) is 6.07 Å². The molecule has 0 aliphatic heterocycles. The van der Waals surface area contributed by atoms with E-state index >= 15 is 0 Å². The van der Waals surface area contributed by atoms with Crippen LogP contribution in [0.3, 0.4) is 0 Å². The molecule has 0 N–H and O–H groups in total. The molecule has 1 heteroatoms. The third-order valence-electron chi connectivity index (χ3n) is 2.46. The molecule has 0 spiro atoms. The third-order valence-corrected chi connectivity index (χ3v) is 2.46. The molecule has 2 aromatic rings. The fourth-order valence-electron chi connectivity index (χ4n) is 1.39. The lowest BCUT2D eigenvalue weighted by molar-refractivity contribution is 0.477. The van der Waals surface area contributed by atoms with E-state index in [9.17, 15) is 0 Å². The summed E-state index contributed by atoms with van der Waals surface area (Å²) in [5.41, 5.74) is 2.41. The van der Waals surface area contributed by atoms with Gasteiger partial charge in [0.2, 0.25) is 0 Å². The van der Waals surface area contributed by atoms with Crippen LogP contribution in [-0.2, 0) is 0 Å². The smallest absolute Gasteiger partial charge is 0.135 e. The second kappa shape index (κ2) is 4.18. The van der Waals surface area contributed by atoms with Crippen molar-refractivity contribution in [1.29, 1.82) is 0 Å². The molecule has 2 rings (SSSR count). The Labute approximate surface area is 90.3 Å². The first-order chi connectivity index (χ1) is 7.27. The fraction of sp³-hybridized carbons (Fsp3) is 0.143. The van der Waals surface area contributed by atoms with Gasteiger partial charge in [0.1, 0.15) is 11.5 Å². The van der Waals surface area contributed by atoms with Crippen LogP contribution in [0.15, 0.2) is 42.5 Å². The van der Waals surface area contributed by atoms with Gasteiger partial charge in [-0.05, 0) is 37.1 Å². The predicted octanol–water partition coefficient (Wildman–Crippen LogP) is 3.90. The molecule has 0 aromatic heterocycles. The van der Waals surface area contributed by atoms with Crippen LogP contribution in [0.25, 0.3) is 0 Å². The maximum absolute atomic E-state index is 5.73. The average molecular weight is 197 g/mol. The summed E-state index contributed by atoms with van der Waals surface area (Å²) in [5.74, 6) is 1.66. The Balaban J connectivity index is 2.29. The number of rotatable bonds is 2. The fourth-order valence-corrected chi connectivity index (χ4v) is 1.39. The summed E-state index contributed by atoms with van der Waals surface area (Å²) < 4.78 is 5.73. The minimum absolute atomic E-state index is 0.756. The van der Waals surface area contributed by atoms with Crippen molar-refractivity contribution in [1.82, 2.24) is 0 Å². The molecule has 0 saturated carbocycles. The van der Waals surface area contributed by atoms with E-state index in [1.807, 2.05) is 36.4 Å². The Morgan fingerprint density at radius 3 is 2.60 bits per heavy atom. The molecule has 0 unspecified atom stereocenters. The van der Waals surface area contributed by atoms with Crippen LogP contribution in [-0.4, -0.2) is 0 Å². The summed E-state index contributed by atoms with van der Waals surface area (Å²) in [6.07, 6.45) is 0. The number of hydrogen-bond acceptors (Lipinski definition) is 1. The number of para-hydroxylation sites is 1. The van der Waals surface area contributed by atoms with Crippen LogP contribution < -0.4 is 4.74 Å². The molecule has 0 aliphatic rings. The first kappa shape index (κ1) is 9.78. The highest BCUT2D eigenvalue weighted by molar-refractivity contribution is 5.41. The molecule has 1 nitrogen and oxygen atoms in total. The third kappa shape index (κ3) is 2.18. The van der Waals surface area contributed by atoms with E-state index in [2.05, 4.69) is 26.0 Å². The van der Waals surface area contributed by atoms with Crippen molar-refractivity contribution in [2.45, 2.75) is 13.8 Å². The summed E-state index contributed by atoms with van der Waals surface area (Å²) in [5, 5.41) is 0. The van der Waals surface area contributed by atoms with E-state index in [1.54, 1.807) is 0 Å². The molecular formula is C14H13O. The highest BCUT2D eigenvalue weighted by Gasteiger charge is 2.02. The van der Waals surface area contributed by atoms with Gasteiger partial charge >= 0.3 is 0 Å². The van der Waals surface area contributed by atoms with Crippen molar-refractivity contribution in [3.63, 3.8) is 0 Å². The van der Waals surface area contributed by atoms with Crippen molar-refractivity contribution < 1.29 is 4.74 Å². The zero-order chi connectivity index (χ0) is 10.7. The van der Waals surface area contributed by atoms with Crippen LogP contribution in [0.2, 0.25) is 0 Å². The molecule has 2 aromatic carbocycles. The van der Waals surface area contributed by atoms with Crippen LogP contribution in [0.1, 0.15) is 11.1 Å². The summed E-state index contributed by atoms with van der Waals surface area (Å²) in [4.78, 5) is 0. The van der Waals surface area contributed by atoms with Gasteiger partial charge in [0.05, 0.1) is 0 Å². The van der Waals surface area contributed by atoms with Gasteiger partial charge in [-0.2, -0.15) is 0 Å². The Morgan fingerprint density at radius 1 is 1.00 bits per heavy atom. The second-order valence-corrected chi connectivity index (χ2v) is 3.53. The zero-order valence-corrected chi connectivity index (χ0v) is 8.95. The van der Waals surface area contributed by atoms with E-state index in [1.165, 1.54) is 11.1 Å². The zero-order valence-electron chi connectivity index (χ0n) is 8.95. The summed E-state index contributed by atoms with van der Waals surface area (Å²) in [6.45, 7) is 4.14. The molecule has 75 valence electrons. The van der Waals surface area contributed by atoms with Gasteiger partial charge in [0.15, 0.2) is 0 Å². The molecule has 15 heavy (non-hydrogen) atoms. The lowest BCUT2D eigenvalue weighted by Crippen LogP contribution is -1.89. The Morgan fingerprint density at radius 2 is 1.87 bits per heavy atom. The van der Waals surface area contributed by atoms with Crippen LogP contribution in [0.5, 0.6) is 11.5 Å². The number of benzene rings is 2. The highest BCUT2D eigenvalue weighted by Crippen LogP contribution is 2.25. The lowest BCUT2D eigenvalue weighted by atomic mass is 10.1. The second-order valence-electron chi connectivity index (χ2n) is 3.53. The van der Waals surface area contributed by atoms with Crippen molar-refractivity contribution in [2.24, 2.45) is 0 Å². The van der Waals surface area contributed by atoms with E-state index in [0.29, 0.717) is 0 Å². The van der Waals surface area contributed by atoms with Gasteiger partial charge in [-0.3, -0.25) is 0 Å². The van der Waals surface area contributed by atoms with E-state index in [4.69, 9.17) is 4.74 Å². The Bertz CT molecular complexity index is 446. The summed E-state index contributed by atoms with van der Waals surface area (Å²) >= 11 is 0. The summed E-state index contributed by atoms with van der Waals surface area (Å²) in [7, 11) is 0. The molecule has 0 heterocycles. The van der Waals surface area contributed by atoms with Crippen LogP contribution in [0, 0.1) is 19.9 Å². The molecule has 0 aliphatic carbocycles. The van der Waals surface area contributed by atoms with E-state index < -0.39 is 0 Å². The molecule has 0 saturated heterocycles. The van der Waals surface area contributed by atoms with Gasteiger partial charge in [-0.1, -0.05) is 30.3 Å². The Hall–Kier alpha value is -1.76. The minimum Gasteiger partial charge on any atom is -0.456 e. The Kier molecular flexibility index (Phi) is 2.72. The van der Waals surface area contributed by atoms with Crippen LogP contribution in [0.4, 0.5) is 0 Å². The first-order valence-corrected chi connectivity index (χ1v) is 4.98. The molecular weight excluding hydrogens is 184 g/mol. The predicted molar refractivity (Wildman–Crippen MR) is 61.3 cm³/mol. The SMILES string of the molecule is Cc1cccc(Oc2[c]cccc2)c1C. The van der Waals surface area contributed by atoms with E-state index in [0.717, 1.165) is 11.5 Å². The van der Waals surface area contributed by atoms with Gasteiger partial charge in [-0.25, -0.2) is 0 Å². The number of hydrogen-bond donors (Lipinski definition) is 0. The van der Waals surface area contributed by atoms with Crippen molar-refractivity contribution in [2.75, 3.05) is 0 Å². The molecule has 0 atom stereocenters. The van der Waals surface area contributed by atoms with Crippen molar-refractivity contribution in [3.8, 4) is 11.5 Å². The number of ether oxygens (including phenoxy) is 1. The van der Waals surface area contributed by atoms with Gasteiger partial charge in [-0.15, -0.1) is 0 Å². The molecule has 0 fully saturated rings. The van der Waals surface area contributed by atoms with Gasteiger partial charge in [0.25, 0.3) is 0 Å². The molecule has 0 amide bonds. The van der Waals surface area contributed by atoms with Crippen LogP contribution >= 0.6 is 0 Å². The topological polar surface area (TPSA) is 9.23 Å². The van der Waals surface area contributed by atoms with Gasteiger partial charge < -0.3 is 4.74 Å². The quantitative estimate of drug-likeness (QED) is 0.709. The lowest BCUT2D eigenvalue weighted by Gasteiger charge is -2.09. The monoisotopic (exact) mass is 197 g/mol. The van der Waals surface area contributed by atoms with Crippen molar-refractivity contribution in [3.05, 3.63) is 59.7 Å². The maximum atomic E-state index is 5.73. The number of aryl methyl sites for hydroxylation is 1. The minimum atomic E-state index is 0.756. The average Bonchev–Trinajstić information content (AvgIpc) is 2.26. The summed E-state index contributed by atoms with van der Waals surface area (Å²) in [6, 6.07) is 16.7. The normalized spacial score (nSPS) is 10.0. The standard InChI is InChI=1S/C14H13O/c1-11-7-6-10-14(12(11)2)15-13-8-4-3-5-9-13/h3-8,10H,1-2H3. The molecule has 0 bridgehead atoms. The highest BCUT2D eigenvalue weighted by atomic mass is 16.5. The maximum Gasteiger partial charge on any atom is 0.135 e.